The topological polar surface area (TPSA) is 26.3 Å². The summed E-state index contributed by atoms with van der Waals surface area (Å²) in [5.41, 5.74) is 5.70. The Bertz CT molecular complexity index is 606. The summed E-state index contributed by atoms with van der Waals surface area (Å²) in [6, 6.07) is 5.81. The highest BCUT2D eigenvalue weighted by atomic mass is 16.5. The van der Waals surface area contributed by atoms with E-state index >= 15 is 0 Å². The second-order valence-corrected chi connectivity index (χ2v) is 5.39. The van der Waals surface area contributed by atoms with E-state index in [1.54, 1.807) is 7.11 Å². The highest BCUT2D eigenvalue weighted by Crippen LogP contribution is 2.40. The summed E-state index contributed by atoms with van der Waals surface area (Å²) >= 11 is 0. The molecule has 1 aliphatic rings. The highest BCUT2D eigenvalue weighted by Gasteiger charge is 2.24. The SMILES string of the molecule is CCC(=O)c1cc(OC)ccc1C1=C(C)C=C(C)C1C. The van der Waals surface area contributed by atoms with Crippen molar-refractivity contribution >= 4 is 11.4 Å². The van der Waals surface area contributed by atoms with Crippen molar-refractivity contribution in [2.75, 3.05) is 7.11 Å². The first kappa shape index (κ1) is 14.6. The molecule has 1 aromatic rings. The van der Waals surface area contributed by atoms with Gasteiger partial charge in [-0.05, 0) is 42.7 Å². The largest absolute Gasteiger partial charge is 0.497 e. The zero-order valence-corrected chi connectivity index (χ0v) is 12.9. The summed E-state index contributed by atoms with van der Waals surface area (Å²) in [7, 11) is 1.63. The summed E-state index contributed by atoms with van der Waals surface area (Å²) in [5.74, 6) is 1.27. The Morgan fingerprint density at radius 1 is 1.30 bits per heavy atom. The van der Waals surface area contributed by atoms with Crippen LogP contribution in [0.4, 0.5) is 0 Å². The zero-order chi connectivity index (χ0) is 14.9. The lowest BCUT2D eigenvalue weighted by molar-refractivity contribution is 0.0987. The van der Waals surface area contributed by atoms with Crippen LogP contribution in [0.15, 0.2) is 35.4 Å². The molecule has 1 unspecified atom stereocenters. The number of methoxy groups -OCH3 is 1. The molecule has 0 radical (unpaired) electrons. The summed E-state index contributed by atoms with van der Waals surface area (Å²) in [4.78, 5) is 12.3. The van der Waals surface area contributed by atoms with Gasteiger partial charge in [-0.3, -0.25) is 4.79 Å². The number of carbonyl (C=O) groups is 1. The van der Waals surface area contributed by atoms with Gasteiger partial charge in [0, 0.05) is 17.9 Å². The number of ketones is 1. The smallest absolute Gasteiger partial charge is 0.163 e. The van der Waals surface area contributed by atoms with Gasteiger partial charge in [0.2, 0.25) is 0 Å². The van der Waals surface area contributed by atoms with Crippen LogP contribution < -0.4 is 4.74 Å². The molecular weight excluding hydrogens is 248 g/mol. The first-order valence-corrected chi connectivity index (χ1v) is 7.10. The second kappa shape index (κ2) is 5.66. The molecule has 0 saturated carbocycles. The number of allylic oxidation sites excluding steroid dienone is 4. The van der Waals surface area contributed by atoms with Crippen molar-refractivity contribution in [2.45, 2.75) is 34.1 Å². The molecule has 0 aromatic heterocycles. The van der Waals surface area contributed by atoms with Crippen LogP contribution in [0.2, 0.25) is 0 Å². The fraction of sp³-hybridized carbons (Fsp3) is 0.389. The molecule has 1 atom stereocenters. The molecule has 1 aromatic carbocycles. The summed E-state index contributed by atoms with van der Waals surface area (Å²) in [6.07, 6.45) is 2.72. The van der Waals surface area contributed by atoms with Crippen LogP contribution in [0.25, 0.3) is 5.57 Å². The van der Waals surface area contributed by atoms with Crippen LogP contribution in [-0.4, -0.2) is 12.9 Å². The van der Waals surface area contributed by atoms with E-state index in [0.29, 0.717) is 12.3 Å². The molecule has 1 aliphatic carbocycles. The fourth-order valence-corrected chi connectivity index (χ4v) is 2.87. The van der Waals surface area contributed by atoms with Gasteiger partial charge < -0.3 is 4.74 Å². The van der Waals surface area contributed by atoms with Crippen LogP contribution in [0, 0.1) is 5.92 Å². The molecule has 0 saturated heterocycles. The maximum atomic E-state index is 12.3. The molecule has 2 rings (SSSR count). The predicted octanol–water partition coefficient (Wildman–Crippen LogP) is 4.66. The lowest BCUT2D eigenvalue weighted by atomic mass is 9.87. The quantitative estimate of drug-likeness (QED) is 0.744. The third-order valence-corrected chi connectivity index (χ3v) is 4.12. The highest BCUT2D eigenvalue weighted by molar-refractivity contribution is 6.02. The summed E-state index contributed by atoms with van der Waals surface area (Å²) in [6.45, 7) is 8.36. The molecule has 20 heavy (non-hydrogen) atoms. The second-order valence-electron chi connectivity index (χ2n) is 5.39. The van der Waals surface area contributed by atoms with Crippen molar-refractivity contribution in [1.29, 1.82) is 0 Å². The minimum Gasteiger partial charge on any atom is -0.497 e. The Balaban J connectivity index is 2.58. The molecule has 2 heteroatoms. The number of rotatable bonds is 4. The molecule has 0 N–H and O–H groups in total. The van der Waals surface area contributed by atoms with Crippen molar-refractivity contribution in [3.8, 4) is 5.75 Å². The Kier molecular flexibility index (Phi) is 4.12. The first-order chi connectivity index (χ1) is 9.49. The monoisotopic (exact) mass is 270 g/mol. The van der Waals surface area contributed by atoms with Crippen LogP contribution >= 0.6 is 0 Å². The number of benzene rings is 1. The average molecular weight is 270 g/mol. The third-order valence-electron chi connectivity index (χ3n) is 4.12. The van der Waals surface area contributed by atoms with E-state index in [9.17, 15) is 4.79 Å². The minimum atomic E-state index is 0.163. The standard InChI is InChI=1S/C18H22O2/c1-6-17(19)16-10-14(20-5)7-8-15(16)18-12(3)9-11(2)13(18)4/h7-10,13H,6H2,1-5H3. The summed E-state index contributed by atoms with van der Waals surface area (Å²) in [5, 5.41) is 0. The Morgan fingerprint density at radius 3 is 2.50 bits per heavy atom. The fourth-order valence-electron chi connectivity index (χ4n) is 2.87. The average Bonchev–Trinajstić information content (AvgIpc) is 2.70. The molecule has 0 fully saturated rings. The summed E-state index contributed by atoms with van der Waals surface area (Å²) < 4.78 is 5.26. The van der Waals surface area contributed by atoms with Crippen molar-refractivity contribution in [2.24, 2.45) is 5.92 Å². The Hall–Kier alpha value is -1.83. The number of hydrogen-bond acceptors (Lipinski definition) is 2. The van der Waals surface area contributed by atoms with Crippen LogP contribution in [0.3, 0.4) is 0 Å². The molecule has 2 nitrogen and oxygen atoms in total. The maximum absolute atomic E-state index is 12.3. The van der Waals surface area contributed by atoms with E-state index in [2.05, 4.69) is 26.8 Å². The zero-order valence-electron chi connectivity index (χ0n) is 12.9. The predicted molar refractivity (Wildman–Crippen MR) is 83.1 cm³/mol. The van der Waals surface area contributed by atoms with Crippen molar-refractivity contribution < 1.29 is 9.53 Å². The normalized spacial score (nSPS) is 18.2. The van der Waals surface area contributed by atoms with Crippen LogP contribution in [0.1, 0.15) is 50.0 Å². The van der Waals surface area contributed by atoms with E-state index in [4.69, 9.17) is 4.74 Å². The lowest BCUT2D eigenvalue weighted by Crippen LogP contribution is -2.06. The number of Topliss-reactive ketones (excluding diaryl/α,β-unsaturated/α-hetero) is 1. The van der Waals surface area contributed by atoms with Gasteiger partial charge in [-0.25, -0.2) is 0 Å². The van der Waals surface area contributed by atoms with Crippen molar-refractivity contribution in [3.05, 3.63) is 46.5 Å². The van der Waals surface area contributed by atoms with Crippen molar-refractivity contribution in [3.63, 3.8) is 0 Å². The van der Waals surface area contributed by atoms with E-state index < -0.39 is 0 Å². The van der Waals surface area contributed by atoms with E-state index in [1.807, 2.05) is 25.1 Å². The van der Waals surface area contributed by atoms with Crippen LogP contribution in [-0.2, 0) is 0 Å². The van der Waals surface area contributed by atoms with Gasteiger partial charge in [-0.15, -0.1) is 0 Å². The van der Waals surface area contributed by atoms with E-state index in [0.717, 1.165) is 16.9 Å². The molecule has 0 aliphatic heterocycles. The Morgan fingerprint density at radius 2 is 2.00 bits per heavy atom. The Labute approximate surface area is 121 Å². The van der Waals surface area contributed by atoms with Gasteiger partial charge >= 0.3 is 0 Å². The van der Waals surface area contributed by atoms with Crippen LogP contribution in [0.5, 0.6) is 5.75 Å². The molecule has 106 valence electrons. The van der Waals surface area contributed by atoms with Crippen molar-refractivity contribution in [1.82, 2.24) is 0 Å². The van der Waals surface area contributed by atoms with Gasteiger partial charge in [-0.2, -0.15) is 0 Å². The maximum Gasteiger partial charge on any atom is 0.163 e. The van der Waals surface area contributed by atoms with Gasteiger partial charge in [0.1, 0.15) is 5.75 Å². The number of carbonyl (C=O) groups excluding carboxylic acids is 1. The van der Waals surface area contributed by atoms with Gasteiger partial charge in [0.25, 0.3) is 0 Å². The van der Waals surface area contributed by atoms with Gasteiger partial charge in [0.05, 0.1) is 7.11 Å². The lowest BCUT2D eigenvalue weighted by Gasteiger charge is -2.17. The van der Waals surface area contributed by atoms with Gasteiger partial charge in [0.15, 0.2) is 5.78 Å². The van der Waals surface area contributed by atoms with E-state index in [1.165, 1.54) is 16.7 Å². The van der Waals surface area contributed by atoms with E-state index in [-0.39, 0.29) is 5.78 Å². The third kappa shape index (κ3) is 2.43. The molecular formula is C18H22O2. The number of hydrogen-bond donors (Lipinski definition) is 0. The molecule has 0 amide bonds. The minimum absolute atomic E-state index is 0.163. The first-order valence-electron chi connectivity index (χ1n) is 7.10. The van der Waals surface area contributed by atoms with Gasteiger partial charge in [-0.1, -0.05) is 31.6 Å². The molecule has 0 heterocycles. The molecule has 0 spiro atoms. The number of ether oxygens (including phenoxy) is 1. The molecule has 0 bridgehead atoms.